The molecule has 0 radical (unpaired) electrons. The van der Waals surface area contributed by atoms with Gasteiger partial charge in [0.05, 0.1) is 5.69 Å². The van der Waals surface area contributed by atoms with Crippen LogP contribution in [0.25, 0.3) is 0 Å². The van der Waals surface area contributed by atoms with Crippen molar-refractivity contribution in [1.29, 1.82) is 0 Å². The zero-order chi connectivity index (χ0) is 13.8. The molecule has 1 heterocycles. The topological polar surface area (TPSA) is 28.2 Å². The summed E-state index contributed by atoms with van der Waals surface area (Å²) < 4.78 is 0. The summed E-state index contributed by atoms with van der Waals surface area (Å²) in [5.41, 5.74) is 1.32. The van der Waals surface area contributed by atoms with E-state index in [2.05, 4.69) is 37.9 Å². The molecule has 4 heteroatoms. The van der Waals surface area contributed by atoms with E-state index in [4.69, 9.17) is 4.98 Å². The van der Waals surface area contributed by atoms with Crippen LogP contribution < -0.4 is 10.2 Å². The van der Waals surface area contributed by atoms with Gasteiger partial charge >= 0.3 is 0 Å². The Balaban J connectivity index is 2.16. The highest BCUT2D eigenvalue weighted by molar-refractivity contribution is 7.15. The predicted octanol–water partition coefficient (Wildman–Crippen LogP) is 3.75. The first-order valence-electron chi connectivity index (χ1n) is 7.67. The van der Waals surface area contributed by atoms with Crippen molar-refractivity contribution < 1.29 is 0 Å². The minimum atomic E-state index is 0.566. The molecule has 1 N–H and O–H groups in total. The summed E-state index contributed by atoms with van der Waals surface area (Å²) in [6.07, 6.45) is 3.86. The number of rotatable bonds is 8. The van der Waals surface area contributed by atoms with Crippen LogP contribution >= 0.6 is 11.3 Å². The summed E-state index contributed by atoms with van der Waals surface area (Å²) in [6.45, 7) is 12.0. The van der Waals surface area contributed by atoms with Gasteiger partial charge in [0.15, 0.2) is 5.13 Å². The average Bonchev–Trinajstić information content (AvgIpc) is 3.17. The van der Waals surface area contributed by atoms with Crippen molar-refractivity contribution in [2.24, 2.45) is 0 Å². The van der Waals surface area contributed by atoms with E-state index in [1.54, 1.807) is 0 Å². The summed E-state index contributed by atoms with van der Waals surface area (Å²) in [4.78, 5) is 8.73. The van der Waals surface area contributed by atoms with Crippen LogP contribution in [0, 0.1) is 0 Å². The van der Waals surface area contributed by atoms with Crippen molar-refractivity contribution in [1.82, 2.24) is 10.3 Å². The number of hydrogen-bond donors (Lipinski definition) is 1. The third-order valence-electron chi connectivity index (χ3n) is 3.96. The lowest BCUT2D eigenvalue weighted by Gasteiger charge is -2.16. The SMILES string of the molecule is CCC(C)c1nc(N(CC)CC)sc1CNC1CC1. The maximum absolute atomic E-state index is 4.93. The Bertz CT molecular complexity index is 394. The number of aromatic nitrogens is 1. The van der Waals surface area contributed by atoms with Crippen molar-refractivity contribution >= 4 is 16.5 Å². The monoisotopic (exact) mass is 281 g/mol. The van der Waals surface area contributed by atoms with E-state index in [0.717, 1.165) is 32.1 Å². The largest absolute Gasteiger partial charge is 0.349 e. The van der Waals surface area contributed by atoms with Gasteiger partial charge in [-0.25, -0.2) is 4.98 Å². The molecule has 1 aliphatic rings. The molecule has 0 saturated heterocycles. The first kappa shape index (κ1) is 14.8. The molecule has 0 aromatic carbocycles. The van der Waals surface area contributed by atoms with Gasteiger partial charge in [-0.05, 0) is 39.0 Å². The van der Waals surface area contributed by atoms with Crippen molar-refractivity contribution in [3.8, 4) is 0 Å². The molecule has 1 aliphatic carbocycles. The van der Waals surface area contributed by atoms with Crippen LogP contribution in [0.4, 0.5) is 5.13 Å². The predicted molar refractivity (Wildman–Crippen MR) is 84.2 cm³/mol. The van der Waals surface area contributed by atoms with Crippen molar-refractivity contribution in [2.75, 3.05) is 18.0 Å². The van der Waals surface area contributed by atoms with E-state index < -0.39 is 0 Å². The molecule has 0 spiro atoms. The summed E-state index contributed by atoms with van der Waals surface area (Å²) in [5, 5.41) is 4.83. The molecular formula is C15H27N3S. The lowest BCUT2D eigenvalue weighted by molar-refractivity contribution is 0.660. The highest BCUT2D eigenvalue weighted by Gasteiger charge is 2.23. The molecule has 1 saturated carbocycles. The van der Waals surface area contributed by atoms with Crippen molar-refractivity contribution in [3.63, 3.8) is 0 Å². The molecule has 1 fully saturated rings. The molecule has 2 rings (SSSR count). The molecular weight excluding hydrogens is 254 g/mol. The molecule has 3 nitrogen and oxygen atoms in total. The van der Waals surface area contributed by atoms with Crippen LogP contribution in [-0.4, -0.2) is 24.1 Å². The zero-order valence-electron chi connectivity index (χ0n) is 12.7. The van der Waals surface area contributed by atoms with E-state index in [0.29, 0.717) is 5.92 Å². The highest BCUT2D eigenvalue weighted by Crippen LogP contribution is 2.32. The third kappa shape index (κ3) is 3.69. The molecule has 0 aliphatic heterocycles. The Morgan fingerprint density at radius 3 is 2.53 bits per heavy atom. The third-order valence-corrected chi connectivity index (χ3v) is 5.09. The number of anilines is 1. The number of thiazole rings is 1. The lowest BCUT2D eigenvalue weighted by atomic mass is 10.0. The number of nitrogens with zero attached hydrogens (tertiary/aromatic N) is 2. The Morgan fingerprint density at radius 2 is 2.00 bits per heavy atom. The van der Waals surface area contributed by atoms with Gasteiger partial charge in [-0.15, -0.1) is 11.3 Å². The quantitative estimate of drug-likeness (QED) is 0.786. The second-order valence-corrected chi connectivity index (χ2v) is 6.50. The zero-order valence-corrected chi connectivity index (χ0v) is 13.5. The van der Waals surface area contributed by atoms with E-state index in [-0.39, 0.29) is 0 Å². The van der Waals surface area contributed by atoms with Gasteiger partial charge in [0.25, 0.3) is 0 Å². The maximum Gasteiger partial charge on any atom is 0.185 e. The van der Waals surface area contributed by atoms with Crippen LogP contribution in [0.1, 0.15) is 63.4 Å². The second-order valence-electron chi connectivity index (χ2n) is 5.44. The molecule has 19 heavy (non-hydrogen) atoms. The van der Waals surface area contributed by atoms with Crippen LogP contribution in [-0.2, 0) is 6.54 Å². The first-order chi connectivity index (χ1) is 9.19. The van der Waals surface area contributed by atoms with Crippen molar-refractivity contribution in [2.45, 2.75) is 65.5 Å². The molecule has 1 atom stereocenters. The van der Waals surface area contributed by atoms with Crippen LogP contribution in [0.15, 0.2) is 0 Å². The fourth-order valence-corrected chi connectivity index (χ4v) is 3.47. The van der Waals surface area contributed by atoms with Gasteiger partial charge in [-0.3, -0.25) is 0 Å². The normalized spacial score (nSPS) is 16.6. The molecule has 1 aromatic rings. The lowest BCUT2D eigenvalue weighted by Crippen LogP contribution is -2.21. The smallest absolute Gasteiger partial charge is 0.185 e. The van der Waals surface area contributed by atoms with Gasteiger partial charge in [0.1, 0.15) is 0 Å². The summed E-state index contributed by atoms with van der Waals surface area (Å²) >= 11 is 1.88. The van der Waals surface area contributed by atoms with Gasteiger partial charge in [0.2, 0.25) is 0 Å². The van der Waals surface area contributed by atoms with E-state index >= 15 is 0 Å². The van der Waals surface area contributed by atoms with Crippen LogP contribution in [0.5, 0.6) is 0 Å². The summed E-state index contributed by atoms with van der Waals surface area (Å²) in [7, 11) is 0. The Morgan fingerprint density at radius 1 is 1.32 bits per heavy atom. The van der Waals surface area contributed by atoms with E-state index in [1.165, 1.54) is 28.5 Å². The molecule has 108 valence electrons. The van der Waals surface area contributed by atoms with E-state index in [9.17, 15) is 0 Å². The number of nitrogens with one attached hydrogen (secondary N) is 1. The van der Waals surface area contributed by atoms with Gasteiger partial charge < -0.3 is 10.2 Å². The van der Waals surface area contributed by atoms with E-state index in [1.807, 2.05) is 11.3 Å². The Labute approximate surface area is 121 Å². The summed E-state index contributed by atoms with van der Waals surface area (Å²) in [5.74, 6) is 0.566. The maximum atomic E-state index is 4.93. The highest BCUT2D eigenvalue weighted by atomic mass is 32.1. The van der Waals surface area contributed by atoms with Crippen molar-refractivity contribution in [3.05, 3.63) is 10.6 Å². The van der Waals surface area contributed by atoms with Gasteiger partial charge in [-0.1, -0.05) is 13.8 Å². The minimum absolute atomic E-state index is 0.566. The fourth-order valence-electron chi connectivity index (χ4n) is 2.21. The first-order valence-corrected chi connectivity index (χ1v) is 8.49. The number of hydrogen-bond acceptors (Lipinski definition) is 4. The molecule has 1 aromatic heterocycles. The molecule has 0 amide bonds. The summed E-state index contributed by atoms with van der Waals surface area (Å²) in [6, 6.07) is 0.767. The fraction of sp³-hybridized carbons (Fsp3) is 0.800. The average molecular weight is 281 g/mol. The van der Waals surface area contributed by atoms with Gasteiger partial charge in [0, 0.05) is 30.6 Å². The minimum Gasteiger partial charge on any atom is -0.349 e. The molecule has 1 unspecified atom stereocenters. The van der Waals surface area contributed by atoms with Gasteiger partial charge in [-0.2, -0.15) is 0 Å². The van der Waals surface area contributed by atoms with Crippen LogP contribution in [0.2, 0.25) is 0 Å². The second kappa shape index (κ2) is 6.71. The Hall–Kier alpha value is -0.610. The molecule has 0 bridgehead atoms. The Kier molecular flexibility index (Phi) is 5.22. The van der Waals surface area contributed by atoms with Crippen LogP contribution in [0.3, 0.4) is 0 Å². The standard InChI is InChI=1S/C15H27N3S/c1-5-11(4)14-13(10-16-12-8-9-12)19-15(17-14)18(6-2)7-3/h11-12,16H,5-10H2,1-4H3.